The van der Waals surface area contributed by atoms with Crippen molar-refractivity contribution in [2.45, 2.75) is 19.4 Å². The number of nitrogens with zero attached hydrogens (tertiary/aromatic N) is 2. The van der Waals surface area contributed by atoms with Crippen LogP contribution in [0.3, 0.4) is 0 Å². The Bertz CT molecular complexity index is 493. The summed E-state index contributed by atoms with van der Waals surface area (Å²) in [6.45, 7) is 2.14. The number of hydrogen-bond donors (Lipinski definition) is 1. The molecule has 0 spiro atoms. The van der Waals surface area contributed by atoms with Gasteiger partial charge in [0.2, 0.25) is 0 Å². The molecule has 0 fully saturated rings. The van der Waals surface area contributed by atoms with E-state index in [-0.39, 0.29) is 6.04 Å². The van der Waals surface area contributed by atoms with Crippen LogP contribution >= 0.6 is 11.6 Å². The first kappa shape index (κ1) is 12.0. The van der Waals surface area contributed by atoms with Crippen molar-refractivity contribution in [1.82, 2.24) is 9.78 Å². The van der Waals surface area contributed by atoms with Gasteiger partial charge in [-0.25, -0.2) is 0 Å². The molecule has 1 unspecified atom stereocenters. The Hall–Kier alpha value is -1.48. The van der Waals surface area contributed by atoms with Crippen molar-refractivity contribution in [3.63, 3.8) is 0 Å². The molecule has 90 valence electrons. The lowest BCUT2D eigenvalue weighted by Gasteiger charge is -2.17. The van der Waals surface area contributed by atoms with Crippen LogP contribution in [0.4, 0.5) is 5.82 Å². The zero-order valence-corrected chi connectivity index (χ0v) is 10.8. The molecule has 0 aliphatic heterocycles. The average Bonchev–Trinajstić information content (AvgIpc) is 2.72. The van der Waals surface area contributed by atoms with Gasteiger partial charge < -0.3 is 5.32 Å². The topological polar surface area (TPSA) is 29.9 Å². The molecular weight excluding hydrogens is 234 g/mol. The van der Waals surface area contributed by atoms with E-state index in [0.29, 0.717) is 0 Å². The van der Waals surface area contributed by atoms with E-state index >= 15 is 0 Å². The molecule has 4 heteroatoms. The molecule has 0 amide bonds. The lowest BCUT2D eigenvalue weighted by Crippen LogP contribution is -2.10. The predicted octanol–water partition coefficient (Wildman–Crippen LogP) is 3.64. The van der Waals surface area contributed by atoms with Crippen molar-refractivity contribution < 1.29 is 0 Å². The second kappa shape index (κ2) is 5.23. The molecule has 1 atom stereocenters. The molecular formula is C13H16ClN3. The van der Waals surface area contributed by atoms with Crippen LogP contribution in [0.5, 0.6) is 0 Å². The van der Waals surface area contributed by atoms with E-state index in [1.807, 2.05) is 37.5 Å². The van der Waals surface area contributed by atoms with Crippen LogP contribution in [-0.2, 0) is 7.05 Å². The molecule has 3 nitrogen and oxygen atoms in total. The standard InChI is InChI=1S/C13H16ClN3/c1-3-12(10-5-4-6-11(14)9-10)15-13-7-8-17(2)16-13/h4-9,12H,3H2,1-2H3,(H,15,16). The van der Waals surface area contributed by atoms with E-state index in [9.17, 15) is 0 Å². The van der Waals surface area contributed by atoms with Gasteiger partial charge in [0.1, 0.15) is 5.82 Å². The van der Waals surface area contributed by atoms with E-state index in [1.54, 1.807) is 4.68 Å². The molecule has 1 aromatic carbocycles. The Labute approximate surface area is 106 Å². The normalized spacial score (nSPS) is 12.4. The second-order valence-corrected chi connectivity index (χ2v) is 4.47. The Morgan fingerprint density at radius 2 is 2.24 bits per heavy atom. The van der Waals surface area contributed by atoms with E-state index in [1.165, 1.54) is 5.56 Å². The summed E-state index contributed by atoms with van der Waals surface area (Å²) < 4.78 is 1.78. The minimum Gasteiger partial charge on any atom is -0.362 e. The summed E-state index contributed by atoms with van der Waals surface area (Å²) in [5.74, 6) is 0.888. The third kappa shape index (κ3) is 3.01. The summed E-state index contributed by atoms with van der Waals surface area (Å²) in [6, 6.07) is 10.1. The van der Waals surface area contributed by atoms with Crippen LogP contribution in [0.25, 0.3) is 0 Å². The van der Waals surface area contributed by atoms with Crippen molar-refractivity contribution in [3.05, 3.63) is 47.1 Å². The highest BCUT2D eigenvalue weighted by Gasteiger charge is 2.10. The fourth-order valence-corrected chi connectivity index (χ4v) is 2.01. The minimum absolute atomic E-state index is 0.239. The summed E-state index contributed by atoms with van der Waals surface area (Å²) >= 11 is 6.01. The molecule has 17 heavy (non-hydrogen) atoms. The fraction of sp³-hybridized carbons (Fsp3) is 0.308. The Kier molecular flexibility index (Phi) is 3.69. The van der Waals surface area contributed by atoms with E-state index in [0.717, 1.165) is 17.3 Å². The summed E-state index contributed by atoms with van der Waals surface area (Å²) in [4.78, 5) is 0. The van der Waals surface area contributed by atoms with Gasteiger partial charge in [0.15, 0.2) is 0 Å². The highest BCUT2D eigenvalue weighted by molar-refractivity contribution is 6.30. The number of aromatic nitrogens is 2. The monoisotopic (exact) mass is 249 g/mol. The number of halogens is 1. The molecule has 0 aliphatic carbocycles. The summed E-state index contributed by atoms with van der Waals surface area (Å²) in [5.41, 5.74) is 1.19. The van der Waals surface area contributed by atoms with Crippen LogP contribution in [0.2, 0.25) is 5.02 Å². The van der Waals surface area contributed by atoms with E-state index in [4.69, 9.17) is 11.6 Å². The third-order valence-corrected chi connectivity index (χ3v) is 2.93. The maximum absolute atomic E-state index is 6.01. The quantitative estimate of drug-likeness (QED) is 0.897. The lowest BCUT2D eigenvalue weighted by atomic mass is 10.0. The van der Waals surface area contributed by atoms with E-state index in [2.05, 4.69) is 23.4 Å². The van der Waals surface area contributed by atoms with Crippen LogP contribution in [0.1, 0.15) is 24.9 Å². The number of aryl methyl sites for hydroxylation is 1. The van der Waals surface area contributed by atoms with Crippen molar-refractivity contribution in [1.29, 1.82) is 0 Å². The van der Waals surface area contributed by atoms with Crippen LogP contribution in [-0.4, -0.2) is 9.78 Å². The number of rotatable bonds is 4. The highest BCUT2D eigenvalue weighted by atomic mass is 35.5. The molecule has 2 aromatic rings. The van der Waals surface area contributed by atoms with E-state index < -0.39 is 0 Å². The number of benzene rings is 1. The lowest BCUT2D eigenvalue weighted by molar-refractivity contribution is 0.724. The molecule has 0 saturated heterocycles. The third-order valence-electron chi connectivity index (χ3n) is 2.70. The largest absolute Gasteiger partial charge is 0.362 e. The Morgan fingerprint density at radius 1 is 1.41 bits per heavy atom. The molecule has 1 N–H and O–H groups in total. The Morgan fingerprint density at radius 3 is 2.82 bits per heavy atom. The van der Waals surface area contributed by atoms with Gasteiger partial charge in [0.25, 0.3) is 0 Å². The molecule has 0 bridgehead atoms. The van der Waals surface area contributed by atoms with Crippen molar-refractivity contribution in [3.8, 4) is 0 Å². The van der Waals surface area contributed by atoms with Crippen LogP contribution < -0.4 is 5.32 Å². The number of anilines is 1. The SMILES string of the molecule is CCC(Nc1ccn(C)n1)c1cccc(Cl)c1. The van der Waals surface area contributed by atoms with Gasteiger partial charge in [-0.3, -0.25) is 4.68 Å². The fourth-order valence-electron chi connectivity index (χ4n) is 1.82. The average molecular weight is 250 g/mol. The molecule has 2 rings (SSSR count). The maximum Gasteiger partial charge on any atom is 0.148 e. The highest BCUT2D eigenvalue weighted by Crippen LogP contribution is 2.23. The predicted molar refractivity (Wildman–Crippen MR) is 71.3 cm³/mol. The van der Waals surface area contributed by atoms with Gasteiger partial charge in [-0.15, -0.1) is 0 Å². The summed E-state index contributed by atoms with van der Waals surface area (Å²) in [5, 5.41) is 8.49. The maximum atomic E-state index is 6.01. The van der Waals surface area contributed by atoms with Gasteiger partial charge in [-0.1, -0.05) is 30.7 Å². The van der Waals surface area contributed by atoms with Crippen molar-refractivity contribution >= 4 is 17.4 Å². The van der Waals surface area contributed by atoms with Gasteiger partial charge >= 0.3 is 0 Å². The van der Waals surface area contributed by atoms with Crippen molar-refractivity contribution in [2.24, 2.45) is 7.05 Å². The van der Waals surface area contributed by atoms with Crippen LogP contribution in [0.15, 0.2) is 36.5 Å². The van der Waals surface area contributed by atoms with Gasteiger partial charge in [0.05, 0.1) is 6.04 Å². The summed E-state index contributed by atoms with van der Waals surface area (Å²) in [7, 11) is 1.91. The first-order chi connectivity index (χ1) is 8.19. The molecule has 0 saturated carbocycles. The van der Waals surface area contributed by atoms with Gasteiger partial charge in [-0.2, -0.15) is 5.10 Å². The minimum atomic E-state index is 0.239. The number of hydrogen-bond acceptors (Lipinski definition) is 2. The van der Waals surface area contributed by atoms with Gasteiger partial charge in [-0.05, 0) is 24.1 Å². The number of nitrogens with one attached hydrogen (secondary N) is 1. The van der Waals surface area contributed by atoms with Crippen molar-refractivity contribution in [2.75, 3.05) is 5.32 Å². The molecule has 1 heterocycles. The molecule has 1 aromatic heterocycles. The molecule has 0 aliphatic rings. The Balaban J connectivity index is 2.16. The first-order valence-corrected chi connectivity index (χ1v) is 6.08. The van der Waals surface area contributed by atoms with Crippen LogP contribution in [0, 0.1) is 0 Å². The first-order valence-electron chi connectivity index (χ1n) is 5.70. The molecule has 0 radical (unpaired) electrons. The smallest absolute Gasteiger partial charge is 0.148 e. The van der Waals surface area contributed by atoms with Gasteiger partial charge in [0, 0.05) is 24.3 Å². The second-order valence-electron chi connectivity index (χ2n) is 4.03. The zero-order chi connectivity index (χ0) is 12.3. The zero-order valence-electron chi connectivity index (χ0n) is 10.0. The summed E-state index contributed by atoms with van der Waals surface area (Å²) in [6.07, 6.45) is 2.91.